The zero-order valence-electron chi connectivity index (χ0n) is 17.5. The molecule has 8 nitrogen and oxygen atoms in total. The Bertz CT molecular complexity index is 1040. The maximum absolute atomic E-state index is 12.2. The second kappa shape index (κ2) is 11.6. The normalized spacial score (nSPS) is 11.5. The maximum Gasteiger partial charge on any atom is 0.344 e. The average Bonchev–Trinajstić information content (AvgIpc) is 3.19. The number of allylic oxidation sites excluding steroid dienone is 1. The van der Waals surface area contributed by atoms with Crippen molar-refractivity contribution in [3.05, 3.63) is 51.7 Å². The van der Waals surface area contributed by atoms with Gasteiger partial charge >= 0.3 is 5.97 Å². The molecular formula is C21H25NO7S2. The topological polar surface area (TPSA) is 108 Å². The van der Waals surface area contributed by atoms with Crippen LogP contribution in [-0.4, -0.2) is 53.3 Å². The predicted molar refractivity (Wildman–Crippen MR) is 119 cm³/mol. The number of methoxy groups -OCH3 is 1. The molecule has 0 aliphatic carbocycles. The van der Waals surface area contributed by atoms with Gasteiger partial charge in [-0.2, -0.15) is 0 Å². The summed E-state index contributed by atoms with van der Waals surface area (Å²) in [6, 6.07) is 8.68. The molecule has 1 aromatic carbocycles. The highest BCUT2D eigenvalue weighted by Crippen LogP contribution is 2.28. The van der Waals surface area contributed by atoms with Crippen molar-refractivity contribution in [1.82, 2.24) is 4.72 Å². The van der Waals surface area contributed by atoms with Crippen LogP contribution in [0.4, 0.5) is 0 Å². The number of carbonyl (C=O) groups excluding carboxylic acids is 2. The Morgan fingerprint density at radius 3 is 2.58 bits per heavy atom. The van der Waals surface area contributed by atoms with Gasteiger partial charge in [-0.3, -0.25) is 4.79 Å². The first kappa shape index (κ1) is 24.6. The van der Waals surface area contributed by atoms with Crippen molar-refractivity contribution in [3.8, 4) is 11.5 Å². The van der Waals surface area contributed by atoms with E-state index in [1.165, 1.54) is 18.4 Å². The number of ether oxygens (including phenoxy) is 3. The van der Waals surface area contributed by atoms with Crippen molar-refractivity contribution >= 4 is 39.2 Å². The number of Topliss-reactive ketones (excluding diaryl/α,β-unsaturated/α-hetero) is 1. The number of hydrogen-bond donors (Lipinski definition) is 1. The van der Waals surface area contributed by atoms with Crippen LogP contribution < -0.4 is 14.2 Å². The van der Waals surface area contributed by atoms with Gasteiger partial charge in [-0.25, -0.2) is 17.9 Å². The summed E-state index contributed by atoms with van der Waals surface area (Å²) in [5.41, 5.74) is 0.933. The van der Waals surface area contributed by atoms with Gasteiger partial charge in [-0.15, -0.1) is 11.3 Å². The largest absolute Gasteiger partial charge is 0.493 e. The molecule has 0 spiro atoms. The third kappa shape index (κ3) is 8.52. The van der Waals surface area contributed by atoms with Gasteiger partial charge in [-0.1, -0.05) is 18.2 Å². The number of benzene rings is 1. The minimum absolute atomic E-state index is 0.248. The van der Waals surface area contributed by atoms with E-state index in [1.54, 1.807) is 24.3 Å². The molecule has 2 rings (SSSR count). The molecule has 0 aliphatic rings. The highest BCUT2D eigenvalue weighted by atomic mass is 32.2. The highest BCUT2D eigenvalue weighted by molar-refractivity contribution is 7.88. The van der Waals surface area contributed by atoms with Crippen molar-refractivity contribution in [2.24, 2.45) is 0 Å². The lowest BCUT2D eigenvalue weighted by Crippen LogP contribution is -2.24. The summed E-state index contributed by atoms with van der Waals surface area (Å²) in [6.07, 6.45) is 5.35. The number of nitrogens with one attached hydrogen (secondary N) is 1. The van der Waals surface area contributed by atoms with E-state index < -0.39 is 22.6 Å². The summed E-state index contributed by atoms with van der Waals surface area (Å²) in [6.45, 7) is 1.39. The summed E-state index contributed by atoms with van der Waals surface area (Å²) in [5, 5.41) is 0. The molecule has 1 N–H and O–H groups in total. The smallest absolute Gasteiger partial charge is 0.344 e. The molecule has 0 fully saturated rings. The van der Waals surface area contributed by atoms with Crippen LogP contribution in [0.3, 0.4) is 0 Å². The molecule has 0 saturated carbocycles. The molecule has 1 aromatic heterocycles. The van der Waals surface area contributed by atoms with Crippen molar-refractivity contribution in [2.45, 2.75) is 13.3 Å². The fourth-order valence-corrected chi connectivity index (χ4v) is 3.92. The fourth-order valence-electron chi connectivity index (χ4n) is 2.52. The van der Waals surface area contributed by atoms with Crippen LogP contribution in [0.15, 0.2) is 36.4 Å². The van der Waals surface area contributed by atoms with Gasteiger partial charge in [-0.05, 0) is 43.2 Å². The first-order valence-electron chi connectivity index (χ1n) is 9.37. The second-order valence-corrected chi connectivity index (χ2v) is 9.47. The van der Waals surface area contributed by atoms with Gasteiger partial charge in [0.1, 0.15) is 0 Å². The number of sulfonamides is 1. The molecule has 0 radical (unpaired) electrons. The van der Waals surface area contributed by atoms with Gasteiger partial charge < -0.3 is 14.2 Å². The van der Waals surface area contributed by atoms with Crippen LogP contribution in [0.25, 0.3) is 6.08 Å². The quantitative estimate of drug-likeness (QED) is 0.378. The molecule has 31 heavy (non-hydrogen) atoms. The van der Waals surface area contributed by atoms with Crippen LogP contribution in [0.1, 0.15) is 27.0 Å². The number of carbonyl (C=O) groups is 2. The van der Waals surface area contributed by atoms with Crippen molar-refractivity contribution in [2.75, 3.05) is 33.1 Å². The molecule has 0 aliphatic heterocycles. The lowest BCUT2D eigenvalue weighted by molar-refractivity contribution is -0.144. The lowest BCUT2D eigenvalue weighted by atomic mass is 10.2. The van der Waals surface area contributed by atoms with Crippen LogP contribution >= 0.6 is 11.3 Å². The molecule has 168 valence electrons. The Labute approximate surface area is 185 Å². The number of rotatable bonds is 12. The molecule has 0 amide bonds. The maximum atomic E-state index is 12.2. The third-order valence-corrected chi connectivity index (χ3v) is 5.84. The number of esters is 1. The molecule has 0 unspecified atom stereocenters. The molecule has 1 heterocycles. The third-order valence-electron chi connectivity index (χ3n) is 3.93. The molecule has 10 heteroatoms. The number of thiophene rings is 1. The van der Waals surface area contributed by atoms with E-state index in [0.29, 0.717) is 22.8 Å². The van der Waals surface area contributed by atoms with Crippen LogP contribution in [0.5, 0.6) is 11.5 Å². The fraction of sp³-hybridized carbons (Fsp3) is 0.333. The van der Waals surface area contributed by atoms with Gasteiger partial charge in [0.25, 0.3) is 0 Å². The summed E-state index contributed by atoms with van der Waals surface area (Å²) >= 11 is 1.23. The van der Waals surface area contributed by atoms with E-state index in [2.05, 4.69) is 4.72 Å². The SMILES string of the molecule is C/C=C/c1ccc(OCC(=O)OCC(=O)c2ccc(CCNS(C)(=O)=O)s2)c(OC)c1. The zero-order chi connectivity index (χ0) is 22.9. The van der Waals surface area contributed by atoms with Gasteiger partial charge in [0.2, 0.25) is 15.8 Å². The van der Waals surface area contributed by atoms with E-state index in [1.807, 2.05) is 25.1 Å². The molecule has 0 bridgehead atoms. The summed E-state index contributed by atoms with van der Waals surface area (Å²) in [5.74, 6) is -0.142. The Morgan fingerprint density at radius 2 is 1.90 bits per heavy atom. The Kier molecular flexibility index (Phi) is 9.22. The second-order valence-electron chi connectivity index (χ2n) is 6.47. The highest BCUT2D eigenvalue weighted by Gasteiger charge is 2.14. The standard InChI is InChI=1S/C21H25NO7S2/c1-4-5-15-6-8-18(19(12-15)27-2)28-14-21(24)29-13-17(23)20-9-7-16(30-20)10-11-22-31(3,25)26/h4-9,12,22H,10-11,13-14H2,1-3H3/b5-4+. The van der Waals surface area contributed by atoms with E-state index in [9.17, 15) is 18.0 Å². The predicted octanol–water partition coefficient (Wildman–Crippen LogP) is 2.69. The summed E-state index contributed by atoms with van der Waals surface area (Å²) < 4.78 is 40.3. The summed E-state index contributed by atoms with van der Waals surface area (Å²) in [7, 11) is -1.74. The minimum Gasteiger partial charge on any atom is -0.493 e. The van der Waals surface area contributed by atoms with Crippen LogP contribution in [-0.2, 0) is 26.0 Å². The van der Waals surface area contributed by atoms with E-state index in [-0.39, 0.29) is 18.9 Å². The molecular weight excluding hydrogens is 442 g/mol. The van der Waals surface area contributed by atoms with Crippen LogP contribution in [0, 0.1) is 0 Å². The summed E-state index contributed by atoms with van der Waals surface area (Å²) in [4.78, 5) is 25.5. The Morgan fingerprint density at radius 1 is 1.13 bits per heavy atom. The Hall–Kier alpha value is -2.69. The van der Waals surface area contributed by atoms with Gasteiger partial charge in [0.05, 0.1) is 18.2 Å². The minimum atomic E-state index is -3.25. The number of hydrogen-bond acceptors (Lipinski definition) is 8. The van der Waals surface area contributed by atoms with Crippen LogP contribution in [0.2, 0.25) is 0 Å². The van der Waals surface area contributed by atoms with Gasteiger partial charge in [0, 0.05) is 11.4 Å². The molecule has 0 atom stereocenters. The van der Waals surface area contributed by atoms with Gasteiger partial charge in [0.15, 0.2) is 24.7 Å². The molecule has 0 saturated heterocycles. The lowest BCUT2D eigenvalue weighted by Gasteiger charge is -2.11. The molecule has 2 aromatic rings. The first-order valence-corrected chi connectivity index (χ1v) is 12.1. The average molecular weight is 468 g/mol. The monoisotopic (exact) mass is 467 g/mol. The number of ketones is 1. The van der Waals surface area contributed by atoms with E-state index in [4.69, 9.17) is 14.2 Å². The zero-order valence-corrected chi connectivity index (χ0v) is 19.2. The van der Waals surface area contributed by atoms with E-state index in [0.717, 1.165) is 16.7 Å². The van der Waals surface area contributed by atoms with E-state index >= 15 is 0 Å². The Balaban J connectivity index is 1.80. The first-order chi connectivity index (χ1) is 14.7. The van der Waals surface area contributed by atoms with Crippen molar-refractivity contribution in [3.63, 3.8) is 0 Å². The van der Waals surface area contributed by atoms with Crippen molar-refractivity contribution < 1.29 is 32.2 Å². The van der Waals surface area contributed by atoms with Crippen molar-refractivity contribution in [1.29, 1.82) is 0 Å².